The molecular formula is C13H22N4O. The van der Waals surface area contributed by atoms with Crippen LogP contribution in [0.25, 0.3) is 0 Å². The summed E-state index contributed by atoms with van der Waals surface area (Å²) >= 11 is 0. The van der Waals surface area contributed by atoms with E-state index < -0.39 is 0 Å². The smallest absolute Gasteiger partial charge is 0.134 e. The van der Waals surface area contributed by atoms with Crippen LogP contribution in [0.3, 0.4) is 0 Å². The van der Waals surface area contributed by atoms with Gasteiger partial charge in [-0.05, 0) is 33.6 Å². The molecule has 18 heavy (non-hydrogen) atoms. The van der Waals surface area contributed by atoms with Crippen LogP contribution in [0.1, 0.15) is 32.3 Å². The topological polar surface area (TPSA) is 59.1 Å². The maximum atomic E-state index is 5.55. The summed E-state index contributed by atoms with van der Waals surface area (Å²) in [6.07, 6.45) is 3.99. The maximum Gasteiger partial charge on any atom is 0.134 e. The highest BCUT2D eigenvalue weighted by Gasteiger charge is 2.20. The number of anilines is 2. The van der Waals surface area contributed by atoms with Crippen LogP contribution in [0, 0.1) is 6.92 Å². The SMILES string of the molecule is CCNc1ncnc(NC2CCOC(C)C2)c1C. The zero-order chi connectivity index (χ0) is 13.0. The Morgan fingerprint density at radius 1 is 1.39 bits per heavy atom. The molecule has 1 aromatic heterocycles. The molecule has 1 fully saturated rings. The Balaban J connectivity index is 2.06. The van der Waals surface area contributed by atoms with Gasteiger partial charge in [-0.25, -0.2) is 9.97 Å². The van der Waals surface area contributed by atoms with Crippen molar-refractivity contribution in [3.05, 3.63) is 11.9 Å². The van der Waals surface area contributed by atoms with E-state index in [0.717, 1.165) is 43.2 Å². The molecule has 1 aromatic rings. The van der Waals surface area contributed by atoms with E-state index in [9.17, 15) is 0 Å². The van der Waals surface area contributed by atoms with Gasteiger partial charge in [-0.1, -0.05) is 0 Å². The third-order valence-electron chi connectivity index (χ3n) is 3.25. The number of aromatic nitrogens is 2. The molecule has 0 radical (unpaired) electrons. The molecule has 5 nitrogen and oxygen atoms in total. The van der Waals surface area contributed by atoms with Crippen molar-refractivity contribution in [2.45, 2.75) is 45.8 Å². The number of ether oxygens (including phenoxy) is 1. The van der Waals surface area contributed by atoms with Gasteiger partial charge >= 0.3 is 0 Å². The highest BCUT2D eigenvalue weighted by atomic mass is 16.5. The summed E-state index contributed by atoms with van der Waals surface area (Å²) in [5.74, 6) is 1.84. The van der Waals surface area contributed by atoms with E-state index >= 15 is 0 Å². The first-order valence-corrected chi connectivity index (χ1v) is 6.64. The van der Waals surface area contributed by atoms with Crippen LogP contribution in [0.15, 0.2) is 6.33 Å². The van der Waals surface area contributed by atoms with Crippen molar-refractivity contribution >= 4 is 11.6 Å². The molecule has 2 heterocycles. The molecule has 0 saturated carbocycles. The zero-order valence-corrected chi connectivity index (χ0v) is 11.4. The maximum absolute atomic E-state index is 5.55. The van der Waals surface area contributed by atoms with E-state index in [2.05, 4.69) is 34.4 Å². The van der Waals surface area contributed by atoms with E-state index in [4.69, 9.17) is 4.74 Å². The summed E-state index contributed by atoms with van der Waals surface area (Å²) in [4.78, 5) is 8.59. The van der Waals surface area contributed by atoms with E-state index in [1.165, 1.54) is 0 Å². The Hall–Kier alpha value is -1.36. The van der Waals surface area contributed by atoms with Crippen molar-refractivity contribution in [2.75, 3.05) is 23.8 Å². The van der Waals surface area contributed by atoms with Gasteiger partial charge in [0.15, 0.2) is 0 Å². The molecule has 100 valence electrons. The minimum atomic E-state index is 0.326. The lowest BCUT2D eigenvalue weighted by atomic mass is 10.0. The van der Waals surface area contributed by atoms with Crippen molar-refractivity contribution < 1.29 is 4.74 Å². The lowest BCUT2D eigenvalue weighted by molar-refractivity contribution is 0.0231. The molecule has 1 aliphatic rings. The Labute approximate surface area is 108 Å². The van der Waals surface area contributed by atoms with Gasteiger partial charge < -0.3 is 15.4 Å². The highest BCUT2D eigenvalue weighted by Crippen LogP contribution is 2.22. The number of nitrogens with one attached hydrogen (secondary N) is 2. The van der Waals surface area contributed by atoms with Gasteiger partial charge in [0.1, 0.15) is 18.0 Å². The van der Waals surface area contributed by atoms with Crippen molar-refractivity contribution in [1.29, 1.82) is 0 Å². The second kappa shape index (κ2) is 6.00. The second-order valence-corrected chi connectivity index (χ2v) is 4.77. The molecule has 2 unspecified atom stereocenters. The molecule has 2 rings (SSSR count). The lowest BCUT2D eigenvalue weighted by Gasteiger charge is -2.28. The normalized spacial score (nSPS) is 23.7. The fourth-order valence-electron chi connectivity index (χ4n) is 2.26. The van der Waals surface area contributed by atoms with Crippen molar-refractivity contribution in [1.82, 2.24) is 9.97 Å². The average Bonchev–Trinajstić information content (AvgIpc) is 2.35. The van der Waals surface area contributed by atoms with Gasteiger partial charge in [-0.15, -0.1) is 0 Å². The van der Waals surface area contributed by atoms with Gasteiger partial charge in [0.05, 0.1) is 6.10 Å². The van der Waals surface area contributed by atoms with Crippen LogP contribution in [-0.2, 0) is 4.74 Å². The van der Waals surface area contributed by atoms with Crippen LogP contribution in [0.2, 0.25) is 0 Å². The van der Waals surface area contributed by atoms with Gasteiger partial charge in [0, 0.05) is 24.8 Å². The van der Waals surface area contributed by atoms with E-state index in [-0.39, 0.29) is 0 Å². The highest BCUT2D eigenvalue weighted by molar-refractivity contribution is 5.56. The van der Waals surface area contributed by atoms with Gasteiger partial charge in [-0.3, -0.25) is 0 Å². The number of hydrogen-bond acceptors (Lipinski definition) is 5. The van der Waals surface area contributed by atoms with Crippen LogP contribution in [-0.4, -0.2) is 35.3 Å². The summed E-state index contributed by atoms with van der Waals surface area (Å²) in [7, 11) is 0. The van der Waals surface area contributed by atoms with Gasteiger partial charge in [0.2, 0.25) is 0 Å². The monoisotopic (exact) mass is 250 g/mol. The van der Waals surface area contributed by atoms with Gasteiger partial charge in [-0.2, -0.15) is 0 Å². The fourth-order valence-corrected chi connectivity index (χ4v) is 2.26. The summed E-state index contributed by atoms with van der Waals surface area (Å²) in [6, 6.07) is 0.442. The molecule has 5 heteroatoms. The minimum absolute atomic E-state index is 0.326. The molecule has 2 N–H and O–H groups in total. The Bertz CT molecular complexity index is 397. The molecule has 2 atom stereocenters. The van der Waals surface area contributed by atoms with Crippen LogP contribution >= 0.6 is 0 Å². The summed E-state index contributed by atoms with van der Waals surface area (Å²) in [5.41, 5.74) is 1.08. The van der Waals surface area contributed by atoms with Crippen molar-refractivity contribution in [3.8, 4) is 0 Å². The molecule has 0 spiro atoms. The Morgan fingerprint density at radius 3 is 2.89 bits per heavy atom. The molecule has 1 saturated heterocycles. The second-order valence-electron chi connectivity index (χ2n) is 4.77. The third-order valence-corrected chi connectivity index (χ3v) is 3.25. The summed E-state index contributed by atoms with van der Waals surface area (Å²) < 4.78 is 5.55. The molecule has 0 amide bonds. The molecule has 0 bridgehead atoms. The molecule has 0 aliphatic carbocycles. The van der Waals surface area contributed by atoms with Crippen molar-refractivity contribution in [2.24, 2.45) is 0 Å². The molecular weight excluding hydrogens is 228 g/mol. The van der Waals surface area contributed by atoms with E-state index in [1.807, 2.05) is 6.92 Å². The van der Waals surface area contributed by atoms with Gasteiger partial charge in [0.25, 0.3) is 0 Å². The molecule has 0 aromatic carbocycles. The Morgan fingerprint density at radius 2 is 2.17 bits per heavy atom. The quantitative estimate of drug-likeness (QED) is 0.858. The van der Waals surface area contributed by atoms with Crippen LogP contribution in [0.4, 0.5) is 11.6 Å². The Kier molecular flexibility index (Phi) is 4.36. The van der Waals surface area contributed by atoms with E-state index in [1.54, 1.807) is 6.33 Å². The summed E-state index contributed by atoms with van der Waals surface area (Å²) in [6.45, 7) is 7.91. The standard InChI is InChI=1S/C13H22N4O/c1-4-14-12-10(3)13(16-8-15-12)17-11-5-6-18-9(2)7-11/h8-9,11H,4-7H2,1-3H3,(H2,14,15,16,17). The molecule has 1 aliphatic heterocycles. The number of hydrogen-bond donors (Lipinski definition) is 2. The predicted molar refractivity (Wildman–Crippen MR) is 73.0 cm³/mol. The summed E-state index contributed by atoms with van der Waals surface area (Å²) in [5, 5.41) is 6.75. The fraction of sp³-hybridized carbons (Fsp3) is 0.692. The lowest BCUT2D eigenvalue weighted by Crippen LogP contribution is -2.33. The zero-order valence-electron chi connectivity index (χ0n) is 11.4. The first-order valence-electron chi connectivity index (χ1n) is 6.64. The third kappa shape index (κ3) is 3.10. The minimum Gasteiger partial charge on any atom is -0.378 e. The predicted octanol–water partition coefficient (Wildman–Crippen LogP) is 2.20. The first-order chi connectivity index (χ1) is 8.70. The average molecular weight is 250 g/mol. The van der Waals surface area contributed by atoms with Crippen LogP contribution in [0.5, 0.6) is 0 Å². The first kappa shape index (κ1) is 13.1. The van der Waals surface area contributed by atoms with Crippen LogP contribution < -0.4 is 10.6 Å². The van der Waals surface area contributed by atoms with Crippen molar-refractivity contribution in [3.63, 3.8) is 0 Å². The number of nitrogens with zero attached hydrogens (tertiary/aromatic N) is 2. The van der Waals surface area contributed by atoms with E-state index in [0.29, 0.717) is 12.1 Å². The largest absolute Gasteiger partial charge is 0.378 e. The number of rotatable bonds is 4.